The van der Waals surface area contributed by atoms with Crippen LogP contribution in [0, 0.1) is 0 Å². The zero-order valence-electron chi connectivity index (χ0n) is 14.0. The molecule has 1 fully saturated rings. The van der Waals surface area contributed by atoms with Crippen LogP contribution in [0.5, 0.6) is 0 Å². The maximum atomic E-state index is 12.1. The summed E-state index contributed by atoms with van der Waals surface area (Å²) in [6, 6.07) is 0.499. The van der Waals surface area contributed by atoms with Gasteiger partial charge in [-0.25, -0.2) is 4.98 Å². The molecule has 0 radical (unpaired) electrons. The molecular weight excluding hydrogens is 298 g/mol. The minimum atomic E-state index is -0.00203. The van der Waals surface area contributed by atoms with E-state index in [9.17, 15) is 4.79 Å². The molecule has 1 atom stereocenters. The standard InChI is InChI=1S/C16H27N3O2S/c1-11(2)16-18-13(10-22-16)8-17-15(20)7-14-9-19(12(3)4)5-6-21-14/h10-12,14H,5-9H2,1-4H3,(H,17,20)/t14-/m0/s1. The Balaban J connectivity index is 1.75. The summed E-state index contributed by atoms with van der Waals surface area (Å²) in [4.78, 5) is 19.0. The van der Waals surface area contributed by atoms with E-state index in [1.165, 1.54) is 0 Å². The van der Waals surface area contributed by atoms with Crippen molar-refractivity contribution in [3.63, 3.8) is 0 Å². The van der Waals surface area contributed by atoms with E-state index in [2.05, 4.69) is 42.9 Å². The Hall–Kier alpha value is -0.980. The molecule has 0 spiro atoms. The summed E-state index contributed by atoms with van der Waals surface area (Å²) in [5.74, 6) is 0.474. The Morgan fingerprint density at radius 1 is 1.50 bits per heavy atom. The van der Waals surface area contributed by atoms with Crippen LogP contribution in [0.4, 0.5) is 0 Å². The Bertz CT molecular complexity index is 487. The highest BCUT2D eigenvalue weighted by molar-refractivity contribution is 7.09. The van der Waals surface area contributed by atoms with Crippen molar-refractivity contribution >= 4 is 17.2 Å². The average Bonchev–Trinajstić information content (AvgIpc) is 2.94. The maximum absolute atomic E-state index is 12.1. The molecule has 1 N–H and O–H groups in total. The number of hydrogen-bond donors (Lipinski definition) is 1. The molecule has 1 saturated heterocycles. The molecule has 6 heteroatoms. The molecular formula is C16H27N3O2S. The molecule has 124 valence electrons. The fourth-order valence-corrected chi connectivity index (χ4v) is 3.31. The van der Waals surface area contributed by atoms with Crippen molar-refractivity contribution < 1.29 is 9.53 Å². The fourth-order valence-electron chi connectivity index (χ4n) is 2.47. The quantitative estimate of drug-likeness (QED) is 0.872. The lowest BCUT2D eigenvalue weighted by Crippen LogP contribution is -2.47. The van der Waals surface area contributed by atoms with Gasteiger partial charge in [0.05, 0.1) is 36.4 Å². The lowest BCUT2D eigenvalue weighted by atomic mass is 10.1. The zero-order valence-corrected chi connectivity index (χ0v) is 14.8. The molecule has 0 bridgehead atoms. The van der Waals surface area contributed by atoms with Gasteiger partial charge in [0.25, 0.3) is 0 Å². The third-order valence-corrected chi connectivity index (χ3v) is 5.04. The lowest BCUT2D eigenvalue weighted by molar-refractivity contribution is -0.126. The van der Waals surface area contributed by atoms with Crippen LogP contribution in [0.15, 0.2) is 5.38 Å². The Kier molecular flexibility index (Phi) is 6.35. The number of thiazole rings is 1. The Morgan fingerprint density at radius 3 is 2.91 bits per heavy atom. The van der Waals surface area contributed by atoms with Crippen molar-refractivity contribution in [1.82, 2.24) is 15.2 Å². The van der Waals surface area contributed by atoms with Gasteiger partial charge in [0, 0.05) is 30.4 Å². The first-order valence-electron chi connectivity index (χ1n) is 8.02. The molecule has 5 nitrogen and oxygen atoms in total. The monoisotopic (exact) mass is 325 g/mol. The van der Waals surface area contributed by atoms with Crippen molar-refractivity contribution in [1.29, 1.82) is 0 Å². The maximum Gasteiger partial charge on any atom is 0.222 e. The smallest absolute Gasteiger partial charge is 0.222 e. The van der Waals surface area contributed by atoms with E-state index in [1.54, 1.807) is 11.3 Å². The normalized spacial score (nSPS) is 19.8. The summed E-state index contributed by atoms with van der Waals surface area (Å²) in [6.45, 7) is 11.6. The van der Waals surface area contributed by atoms with Crippen molar-refractivity contribution in [3.05, 3.63) is 16.1 Å². The Labute approximate surface area is 137 Å². The highest BCUT2D eigenvalue weighted by atomic mass is 32.1. The van der Waals surface area contributed by atoms with Gasteiger partial charge in [0.15, 0.2) is 0 Å². The third kappa shape index (κ3) is 5.04. The highest BCUT2D eigenvalue weighted by Gasteiger charge is 2.24. The average molecular weight is 325 g/mol. The summed E-state index contributed by atoms with van der Waals surface area (Å²) < 4.78 is 5.70. The number of morpholine rings is 1. The first kappa shape index (κ1) is 17.4. The van der Waals surface area contributed by atoms with E-state index in [0.717, 1.165) is 23.8 Å². The summed E-state index contributed by atoms with van der Waals surface area (Å²) in [6.07, 6.45) is 0.419. The van der Waals surface area contributed by atoms with Crippen LogP contribution in [0.1, 0.15) is 50.7 Å². The molecule has 0 aliphatic carbocycles. The van der Waals surface area contributed by atoms with Gasteiger partial charge >= 0.3 is 0 Å². The predicted molar refractivity (Wildman–Crippen MR) is 89.1 cm³/mol. The summed E-state index contributed by atoms with van der Waals surface area (Å²) in [5, 5.41) is 6.09. The Morgan fingerprint density at radius 2 is 2.27 bits per heavy atom. The van der Waals surface area contributed by atoms with E-state index in [-0.39, 0.29) is 12.0 Å². The molecule has 0 saturated carbocycles. The summed E-state index contributed by atoms with van der Waals surface area (Å²) in [7, 11) is 0. The molecule has 22 heavy (non-hydrogen) atoms. The SMILES string of the molecule is CC(C)c1nc(CNC(=O)C[C@H]2CN(C(C)C)CCO2)cs1. The third-order valence-electron chi connectivity index (χ3n) is 3.84. The van der Waals surface area contributed by atoms with Crippen molar-refractivity contribution in [2.75, 3.05) is 19.7 Å². The van der Waals surface area contributed by atoms with Crippen LogP contribution >= 0.6 is 11.3 Å². The van der Waals surface area contributed by atoms with E-state index in [1.807, 2.05) is 5.38 Å². The molecule has 0 aromatic carbocycles. The number of amides is 1. The first-order chi connectivity index (χ1) is 10.5. The van der Waals surface area contributed by atoms with E-state index in [4.69, 9.17) is 4.74 Å². The topological polar surface area (TPSA) is 54.5 Å². The van der Waals surface area contributed by atoms with Crippen LogP contribution in [0.2, 0.25) is 0 Å². The van der Waals surface area contributed by atoms with Gasteiger partial charge in [-0.1, -0.05) is 13.8 Å². The second-order valence-electron chi connectivity index (χ2n) is 6.39. The number of ether oxygens (including phenoxy) is 1. The predicted octanol–water partition coefficient (Wildman–Crippen LogP) is 2.38. The van der Waals surface area contributed by atoms with Crippen molar-refractivity contribution in [2.45, 2.75) is 58.7 Å². The van der Waals surface area contributed by atoms with Crippen LogP contribution in [0.25, 0.3) is 0 Å². The highest BCUT2D eigenvalue weighted by Crippen LogP contribution is 2.19. The van der Waals surface area contributed by atoms with Gasteiger partial charge in [-0.3, -0.25) is 9.69 Å². The number of rotatable bonds is 6. The molecule has 1 aromatic rings. The second-order valence-corrected chi connectivity index (χ2v) is 7.28. The van der Waals surface area contributed by atoms with Gasteiger partial charge in [-0.05, 0) is 13.8 Å². The minimum absolute atomic E-state index is 0.00203. The van der Waals surface area contributed by atoms with Gasteiger partial charge in [-0.2, -0.15) is 0 Å². The van der Waals surface area contributed by atoms with Crippen molar-refractivity contribution in [2.24, 2.45) is 0 Å². The second kappa shape index (κ2) is 8.04. The van der Waals surface area contributed by atoms with Gasteiger partial charge in [-0.15, -0.1) is 11.3 Å². The number of carbonyl (C=O) groups excluding carboxylic acids is 1. The molecule has 0 unspecified atom stereocenters. The molecule has 1 aliphatic heterocycles. The summed E-state index contributed by atoms with van der Waals surface area (Å²) >= 11 is 1.65. The van der Waals surface area contributed by atoms with Gasteiger partial charge in [0.1, 0.15) is 0 Å². The van der Waals surface area contributed by atoms with E-state index in [0.29, 0.717) is 31.5 Å². The first-order valence-corrected chi connectivity index (χ1v) is 8.90. The van der Waals surface area contributed by atoms with Crippen LogP contribution in [-0.4, -0.2) is 47.6 Å². The number of nitrogens with zero attached hydrogens (tertiary/aromatic N) is 2. The van der Waals surface area contributed by atoms with Crippen LogP contribution in [-0.2, 0) is 16.1 Å². The lowest BCUT2D eigenvalue weighted by Gasteiger charge is -2.35. The molecule has 2 heterocycles. The van der Waals surface area contributed by atoms with Gasteiger partial charge < -0.3 is 10.1 Å². The number of nitrogens with one attached hydrogen (secondary N) is 1. The zero-order chi connectivity index (χ0) is 16.1. The number of carbonyl (C=O) groups is 1. The summed E-state index contributed by atoms with van der Waals surface area (Å²) in [5.41, 5.74) is 0.940. The minimum Gasteiger partial charge on any atom is -0.375 e. The number of hydrogen-bond acceptors (Lipinski definition) is 5. The molecule has 1 aromatic heterocycles. The van der Waals surface area contributed by atoms with E-state index >= 15 is 0 Å². The molecule has 2 rings (SSSR count). The van der Waals surface area contributed by atoms with Crippen LogP contribution in [0.3, 0.4) is 0 Å². The molecule has 1 aliphatic rings. The van der Waals surface area contributed by atoms with Crippen molar-refractivity contribution in [3.8, 4) is 0 Å². The largest absolute Gasteiger partial charge is 0.375 e. The van der Waals surface area contributed by atoms with E-state index < -0.39 is 0 Å². The molecule has 1 amide bonds. The number of aromatic nitrogens is 1. The van der Waals surface area contributed by atoms with Crippen LogP contribution < -0.4 is 5.32 Å². The fraction of sp³-hybridized carbons (Fsp3) is 0.750. The van der Waals surface area contributed by atoms with Gasteiger partial charge in [0.2, 0.25) is 5.91 Å².